The zero-order valence-electron chi connectivity index (χ0n) is 22.3. The molecule has 4 nitrogen and oxygen atoms in total. The SMILES string of the molecule is CC(/C=N/C(Cc1ccc(O)cc1)C(=O)OC(C)(C)CC(C)(C)C)Cc1ccc(C(C)C)cc1. The molecule has 0 spiro atoms. The average molecular weight is 466 g/mol. The Bertz CT molecular complexity index is 935. The van der Waals surface area contributed by atoms with Crippen molar-refractivity contribution in [2.75, 3.05) is 0 Å². The Hall–Kier alpha value is -2.62. The van der Waals surface area contributed by atoms with E-state index in [0.29, 0.717) is 12.3 Å². The van der Waals surface area contributed by atoms with Crippen LogP contribution in [0.4, 0.5) is 0 Å². The van der Waals surface area contributed by atoms with Gasteiger partial charge in [-0.25, -0.2) is 4.79 Å². The van der Waals surface area contributed by atoms with Gasteiger partial charge in [-0.3, -0.25) is 4.99 Å². The van der Waals surface area contributed by atoms with Crippen LogP contribution in [0, 0.1) is 11.3 Å². The van der Waals surface area contributed by atoms with E-state index in [1.54, 1.807) is 12.1 Å². The third-order valence-electron chi connectivity index (χ3n) is 5.69. The number of aliphatic imine (C=N–C) groups is 1. The van der Waals surface area contributed by atoms with E-state index in [0.717, 1.165) is 18.4 Å². The highest BCUT2D eigenvalue weighted by molar-refractivity contribution is 5.79. The van der Waals surface area contributed by atoms with Crippen molar-refractivity contribution in [2.45, 2.75) is 92.2 Å². The fourth-order valence-corrected chi connectivity index (χ4v) is 4.42. The average Bonchev–Trinajstić information content (AvgIpc) is 2.70. The first kappa shape index (κ1) is 27.6. The third-order valence-corrected chi connectivity index (χ3v) is 5.69. The maximum atomic E-state index is 13.2. The third kappa shape index (κ3) is 9.70. The van der Waals surface area contributed by atoms with Crippen LogP contribution in [0.25, 0.3) is 0 Å². The minimum Gasteiger partial charge on any atom is -0.508 e. The van der Waals surface area contributed by atoms with Crippen LogP contribution in [-0.2, 0) is 22.4 Å². The zero-order chi connectivity index (χ0) is 25.5. The number of esters is 1. The Morgan fingerprint density at radius 3 is 1.97 bits per heavy atom. The number of rotatable bonds is 10. The molecule has 2 aromatic rings. The van der Waals surface area contributed by atoms with Crippen LogP contribution >= 0.6 is 0 Å². The largest absolute Gasteiger partial charge is 0.508 e. The van der Waals surface area contributed by atoms with Crippen molar-refractivity contribution in [3.8, 4) is 5.75 Å². The van der Waals surface area contributed by atoms with Gasteiger partial charge >= 0.3 is 5.97 Å². The number of carbonyl (C=O) groups excluding carboxylic acids is 1. The van der Waals surface area contributed by atoms with E-state index >= 15 is 0 Å². The number of phenols is 1. The summed E-state index contributed by atoms with van der Waals surface area (Å²) in [4.78, 5) is 17.9. The molecule has 34 heavy (non-hydrogen) atoms. The van der Waals surface area contributed by atoms with Crippen LogP contribution in [0.1, 0.15) is 84.4 Å². The molecule has 0 aliphatic rings. The smallest absolute Gasteiger partial charge is 0.331 e. The number of nitrogens with zero attached hydrogens (tertiary/aromatic N) is 1. The lowest BCUT2D eigenvalue weighted by Crippen LogP contribution is -2.37. The van der Waals surface area contributed by atoms with E-state index in [2.05, 4.69) is 65.8 Å². The molecule has 0 saturated carbocycles. The number of hydrogen-bond acceptors (Lipinski definition) is 4. The molecule has 2 aromatic carbocycles. The molecule has 0 saturated heterocycles. The van der Waals surface area contributed by atoms with Gasteiger partial charge in [0, 0.05) is 12.6 Å². The van der Waals surface area contributed by atoms with Crippen LogP contribution < -0.4 is 0 Å². The number of hydrogen-bond donors (Lipinski definition) is 1. The predicted molar refractivity (Wildman–Crippen MR) is 142 cm³/mol. The zero-order valence-corrected chi connectivity index (χ0v) is 22.3. The van der Waals surface area contributed by atoms with Gasteiger partial charge in [-0.2, -0.15) is 0 Å². The number of aromatic hydroxyl groups is 1. The first-order valence-corrected chi connectivity index (χ1v) is 12.4. The van der Waals surface area contributed by atoms with Gasteiger partial charge in [-0.1, -0.05) is 77.9 Å². The molecular weight excluding hydrogens is 422 g/mol. The van der Waals surface area contributed by atoms with Gasteiger partial charge in [0.2, 0.25) is 0 Å². The molecule has 0 amide bonds. The van der Waals surface area contributed by atoms with Gasteiger partial charge in [-0.15, -0.1) is 0 Å². The number of phenolic OH excluding ortho intramolecular Hbond substituents is 1. The summed E-state index contributed by atoms with van der Waals surface area (Å²) in [5.41, 5.74) is 2.98. The number of carbonyl (C=O) groups is 1. The van der Waals surface area contributed by atoms with Crippen molar-refractivity contribution in [3.05, 3.63) is 65.2 Å². The lowest BCUT2D eigenvalue weighted by molar-refractivity contribution is -0.160. The minimum absolute atomic E-state index is 0.0408. The standard InChI is InChI=1S/C30H43NO3/c1-21(2)25-13-9-23(10-14-25)17-22(3)19-31-27(18-24-11-15-26(32)16-12-24)28(33)34-30(7,8)20-29(4,5)6/h9-16,19,21-22,27,32H,17-18,20H2,1-8H3/b31-19+. The summed E-state index contributed by atoms with van der Waals surface area (Å²) >= 11 is 0. The molecule has 4 heteroatoms. The topological polar surface area (TPSA) is 58.9 Å². The van der Waals surface area contributed by atoms with Crippen LogP contribution in [-0.4, -0.2) is 28.9 Å². The van der Waals surface area contributed by atoms with E-state index in [-0.39, 0.29) is 23.1 Å². The van der Waals surface area contributed by atoms with E-state index in [4.69, 9.17) is 9.73 Å². The molecule has 0 bridgehead atoms. The monoisotopic (exact) mass is 465 g/mol. The van der Waals surface area contributed by atoms with E-state index in [1.165, 1.54) is 11.1 Å². The highest BCUT2D eigenvalue weighted by Crippen LogP contribution is 2.30. The van der Waals surface area contributed by atoms with Gasteiger partial charge in [0.05, 0.1) is 0 Å². The Labute approximate surface area is 206 Å². The summed E-state index contributed by atoms with van der Waals surface area (Å²) in [5.74, 6) is 0.590. The maximum Gasteiger partial charge on any atom is 0.331 e. The second-order valence-electron chi connectivity index (χ2n) is 11.7. The lowest BCUT2D eigenvalue weighted by Gasteiger charge is -2.33. The van der Waals surface area contributed by atoms with Crippen molar-refractivity contribution < 1.29 is 14.6 Å². The fraction of sp³-hybridized carbons (Fsp3) is 0.533. The summed E-state index contributed by atoms with van der Waals surface area (Å²) in [6.07, 6.45) is 3.93. The van der Waals surface area contributed by atoms with E-state index < -0.39 is 11.6 Å². The fourth-order valence-electron chi connectivity index (χ4n) is 4.42. The molecule has 0 heterocycles. The van der Waals surface area contributed by atoms with Crippen molar-refractivity contribution in [1.82, 2.24) is 0 Å². The van der Waals surface area contributed by atoms with Crippen LogP contribution in [0.3, 0.4) is 0 Å². The van der Waals surface area contributed by atoms with E-state index in [1.807, 2.05) is 32.2 Å². The Morgan fingerprint density at radius 1 is 0.912 bits per heavy atom. The van der Waals surface area contributed by atoms with Gasteiger partial charge in [0.25, 0.3) is 0 Å². The summed E-state index contributed by atoms with van der Waals surface area (Å²) in [6.45, 7) is 16.9. The van der Waals surface area contributed by atoms with Crippen LogP contribution in [0.2, 0.25) is 0 Å². The van der Waals surface area contributed by atoms with Crippen molar-refractivity contribution in [2.24, 2.45) is 16.3 Å². The number of benzene rings is 2. The molecule has 0 radical (unpaired) electrons. The Balaban J connectivity index is 2.14. The molecule has 186 valence electrons. The first-order valence-electron chi connectivity index (χ1n) is 12.4. The van der Waals surface area contributed by atoms with Gasteiger partial charge in [-0.05, 0) is 72.8 Å². The predicted octanol–water partition coefficient (Wildman–Crippen LogP) is 7.13. The van der Waals surface area contributed by atoms with E-state index in [9.17, 15) is 9.90 Å². The van der Waals surface area contributed by atoms with Gasteiger partial charge < -0.3 is 9.84 Å². The van der Waals surface area contributed by atoms with Crippen LogP contribution in [0.15, 0.2) is 53.5 Å². The number of ether oxygens (including phenoxy) is 1. The minimum atomic E-state index is -0.630. The first-order chi connectivity index (χ1) is 15.7. The maximum absolute atomic E-state index is 13.2. The molecule has 1 N–H and O–H groups in total. The Morgan fingerprint density at radius 2 is 1.44 bits per heavy atom. The molecule has 0 aromatic heterocycles. The Kier molecular flexibility index (Phi) is 9.49. The normalized spacial score (nSPS) is 14.4. The highest BCUT2D eigenvalue weighted by atomic mass is 16.6. The lowest BCUT2D eigenvalue weighted by atomic mass is 9.83. The highest BCUT2D eigenvalue weighted by Gasteiger charge is 2.32. The molecule has 2 rings (SSSR count). The summed E-state index contributed by atoms with van der Waals surface area (Å²) in [7, 11) is 0. The quantitative estimate of drug-likeness (QED) is 0.300. The van der Waals surface area contributed by atoms with Crippen LogP contribution in [0.5, 0.6) is 5.75 Å². The molecule has 0 fully saturated rings. The summed E-state index contributed by atoms with van der Waals surface area (Å²) < 4.78 is 5.96. The molecule has 0 aliphatic carbocycles. The summed E-state index contributed by atoms with van der Waals surface area (Å²) in [6, 6.07) is 15.0. The molecular formula is C30H43NO3. The second-order valence-corrected chi connectivity index (χ2v) is 11.7. The molecule has 2 unspecified atom stereocenters. The molecule has 2 atom stereocenters. The molecule has 0 aliphatic heterocycles. The van der Waals surface area contributed by atoms with Gasteiger partial charge in [0.1, 0.15) is 11.4 Å². The summed E-state index contributed by atoms with van der Waals surface area (Å²) in [5, 5.41) is 9.60. The second kappa shape index (κ2) is 11.7. The van der Waals surface area contributed by atoms with Gasteiger partial charge in [0.15, 0.2) is 6.04 Å². The van der Waals surface area contributed by atoms with Crippen molar-refractivity contribution in [1.29, 1.82) is 0 Å². The van der Waals surface area contributed by atoms with Crippen molar-refractivity contribution >= 4 is 12.2 Å². The van der Waals surface area contributed by atoms with Crippen molar-refractivity contribution in [3.63, 3.8) is 0 Å².